The number of fused-ring (bicyclic) bond motifs is 1. The minimum atomic E-state index is -0.891. The van der Waals surface area contributed by atoms with E-state index in [4.69, 9.17) is 40.0 Å². The SMILES string of the molecule is CCOC(=O)[C@H]1[C@H]([C@@H]2O[C@@H]3OC(C)(C)O[C@@H]3[C@H]2OCc2ccccc2)[C@@H](C(=O)OCC)N[C@H]1c1cccc(Cl)c1. The highest BCUT2D eigenvalue weighted by molar-refractivity contribution is 6.30. The molecule has 5 rings (SSSR count). The summed E-state index contributed by atoms with van der Waals surface area (Å²) in [6.45, 7) is 7.76. The zero-order valence-electron chi connectivity index (χ0n) is 23.1. The summed E-state index contributed by atoms with van der Waals surface area (Å²) >= 11 is 6.32. The third-order valence-electron chi connectivity index (χ3n) is 7.52. The van der Waals surface area contributed by atoms with E-state index >= 15 is 0 Å². The van der Waals surface area contributed by atoms with Crippen molar-refractivity contribution >= 4 is 23.5 Å². The number of benzene rings is 2. The van der Waals surface area contributed by atoms with Crippen LogP contribution in [0.1, 0.15) is 44.9 Å². The predicted octanol–water partition coefficient (Wildman–Crippen LogP) is 4.17. The van der Waals surface area contributed by atoms with Crippen LogP contribution in [0.25, 0.3) is 0 Å². The Hall–Kier alpha value is -2.53. The van der Waals surface area contributed by atoms with Crippen LogP contribution in [0.4, 0.5) is 0 Å². The van der Waals surface area contributed by atoms with Crippen LogP contribution in [0.15, 0.2) is 54.6 Å². The first-order chi connectivity index (χ1) is 19.2. The van der Waals surface area contributed by atoms with E-state index in [0.717, 1.165) is 11.1 Å². The number of halogens is 1. The number of hydrogen-bond acceptors (Lipinski definition) is 9. The smallest absolute Gasteiger partial charge is 0.323 e. The fraction of sp³-hybridized carbons (Fsp3) is 0.533. The van der Waals surface area contributed by atoms with Gasteiger partial charge in [0.05, 0.1) is 31.8 Å². The lowest BCUT2D eigenvalue weighted by Gasteiger charge is -2.33. The molecule has 0 radical (unpaired) electrons. The molecule has 0 saturated carbocycles. The summed E-state index contributed by atoms with van der Waals surface area (Å²) in [7, 11) is 0. The summed E-state index contributed by atoms with van der Waals surface area (Å²) in [5.41, 5.74) is 1.71. The zero-order valence-corrected chi connectivity index (χ0v) is 23.8. The highest BCUT2D eigenvalue weighted by atomic mass is 35.5. The zero-order chi connectivity index (χ0) is 28.4. The first-order valence-corrected chi connectivity index (χ1v) is 14.1. The minimum absolute atomic E-state index is 0.180. The van der Waals surface area contributed by atoms with Crippen molar-refractivity contribution in [2.75, 3.05) is 13.2 Å². The second-order valence-corrected chi connectivity index (χ2v) is 11.1. The van der Waals surface area contributed by atoms with Crippen molar-refractivity contribution in [1.29, 1.82) is 0 Å². The lowest BCUT2D eigenvalue weighted by atomic mass is 9.79. The number of ether oxygens (including phenoxy) is 6. The molecule has 3 aliphatic heterocycles. The Morgan fingerprint density at radius 2 is 1.68 bits per heavy atom. The Morgan fingerprint density at radius 3 is 2.38 bits per heavy atom. The van der Waals surface area contributed by atoms with Gasteiger partial charge >= 0.3 is 11.9 Å². The second kappa shape index (κ2) is 12.1. The van der Waals surface area contributed by atoms with E-state index < -0.39 is 66.2 Å². The number of carbonyl (C=O) groups is 2. The number of nitrogens with one attached hydrogen (secondary N) is 1. The molecule has 0 spiro atoms. The fourth-order valence-electron chi connectivity index (χ4n) is 5.99. The first-order valence-electron chi connectivity index (χ1n) is 13.7. The van der Waals surface area contributed by atoms with Gasteiger partial charge in [0.25, 0.3) is 0 Å². The molecule has 8 atom stereocenters. The Labute approximate surface area is 239 Å². The minimum Gasteiger partial charge on any atom is -0.466 e. The molecular weight excluding hydrogens is 538 g/mol. The van der Waals surface area contributed by atoms with E-state index in [0.29, 0.717) is 5.02 Å². The van der Waals surface area contributed by atoms with Gasteiger partial charge in [-0.05, 0) is 51.0 Å². The Morgan fingerprint density at radius 1 is 0.950 bits per heavy atom. The van der Waals surface area contributed by atoms with Crippen LogP contribution >= 0.6 is 11.6 Å². The van der Waals surface area contributed by atoms with Crippen LogP contribution in [-0.2, 0) is 44.6 Å². The maximum absolute atomic E-state index is 13.6. The standard InChI is InChI=1S/C30H36ClNO8/c1-5-35-27(33)21-20(23(28(34)36-6-2)32-22(21)18-13-10-14-19(31)15-18)24-25(37-16-17-11-8-7-9-12-17)26-29(38-24)40-30(3,4)39-26/h7-15,20-26,29,32H,5-6,16H2,1-4H3/t20-,21-,22-,23-,24-,25-,26+,29+/m0/s1. The fourth-order valence-corrected chi connectivity index (χ4v) is 6.19. The van der Waals surface area contributed by atoms with Gasteiger partial charge < -0.3 is 28.4 Å². The molecule has 40 heavy (non-hydrogen) atoms. The molecule has 3 aliphatic rings. The maximum atomic E-state index is 13.6. The number of rotatable bonds is 9. The van der Waals surface area contributed by atoms with Crippen molar-refractivity contribution in [3.63, 3.8) is 0 Å². The molecule has 9 nitrogen and oxygen atoms in total. The largest absolute Gasteiger partial charge is 0.466 e. The molecule has 0 bridgehead atoms. The first kappa shape index (κ1) is 29.0. The molecule has 1 N–H and O–H groups in total. The molecular formula is C30H36ClNO8. The van der Waals surface area contributed by atoms with Gasteiger partial charge in [0.2, 0.25) is 0 Å². The molecule has 0 aromatic heterocycles. The summed E-state index contributed by atoms with van der Waals surface area (Å²) in [5, 5.41) is 3.87. The van der Waals surface area contributed by atoms with Crippen molar-refractivity contribution < 1.29 is 38.0 Å². The van der Waals surface area contributed by atoms with Gasteiger partial charge in [0.1, 0.15) is 18.2 Å². The number of carbonyl (C=O) groups excluding carboxylic acids is 2. The number of hydrogen-bond donors (Lipinski definition) is 1. The van der Waals surface area contributed by atoms with Crippen molar-refractivity contribution in [3.05, 3.63) is 70.7 Å². The van der Waals surface area contributed by atoms with Gasteiger partial charge in [-0.25, -0.2) is 0 Å². The summed E-state index contributed by atoms with van der Waals surface area (Å²) in [4.78, 5) is 27.0. The van der Waals surface area contributed by atoms with E-state index in [9.17, 15) is 9.59 Å². The van der Waals surface area contributed by atoms with E-state index in [2.05, 4.69) is 5.32 Å². The van der Waals surface area contributed by atoms with Crippen LogP contribution < -0.4 is 5.32 Å². The Bertz CT molecular complexity index is 1190. The maximum Gasteiger partial charge on any atom is 0.323 e. The van der Waals surface area contributed by atoms with Gasteiger partial charge in [0, 0.05) is 17.0 Å². The molecule has 2 aromatic rings. The molecule has 0 amide bonds. The average molecular weight is 574 g/mol. The topological polar surface area (TPSA) is 102 Å². The second-order valence-electron chi connectivity index (χ2n) is 10.6. The van der Waals surface area contributed by atoms with Gasteiger partial charge in [0.15, 0.2) is 12.1 Å². The van der Waals surface area contributed by atoms with Crippen LogP contribution in [0.5, 0.6) is 0 Å². The van der Waals surface area contributed by atoms with Crippen LogP contribution in [0, 0.1) is 11.8 Å². The Kier molecular flexibility index (Phi) is 8.80. The van der Waals surface area contributed by atoms with Crippen molar-refractivity contribution in [2.45, 2.75) is 76.8 Å². The monoisotopic (exact) mass is 573 g/mol. The quantitative estimate of drug-likeness (QED) is 0.443. The van der Waals surface area contributed by atoms with Gasteiger partial charge in [-0.2, -0.15) is 0 Å². The molecule has 216 valence electrons. The van der Waals surface area contributed by atoms with Gasteiger partial charge in [-0.1, -0.05) is 54.1 Å². The summed E-state index contributed by atoms with van der Waals surface area (Å²) in [6, 6.07) is 15.5. The predicted molar refractivity (Wildman–Crippen MR) is 145 cm³/mol. The van der Waals surface area contributed by atoms with Crippen molar-refractivity contribution in [2.24, 2.45) is 11.8 Å². The lowest BCUT2D eigenvalue weighted by molar-refractivity contribution is -0.228. The van der Waals surface area contributed by atoms with E-state index in [1.54, 1.807) is 32.0 Å². The highest BCUT2D eigenvalue weighted by Gasteiger charge is 2.63. The molecule has 3 heterocycles. The van der Waals surface area contributed by atoms with Crippen LogP contribution in [0.2, 0.25) is 5.02 Å². The highest BCUT2D eigenvalue weighted by Crippen LogP contribution is 2.48. The molecule has 10 heteroatoms. The molecule has 2 aromatic carbocycles. The third kappa shape index (κ3) is 5.91. The summed E-state index contributed by atoms with van der Waals surface area (Å²) in [5.74, 6) is -3.36. The average Bonchev–Trinajstić information content (AvgIpc) is 3.56. The van der Waals surface area contributed by atoms with E-state index in [-0.39, 0.29) is 19.8 Å². The van der Waals surface area contributed by atoms with Crippen LogP contribution in [0.3, 0.4) is 0 Å². The van der Waals surface area contributed by atoms with Crippen molar-refractivity contribution in [1.82, 2.24) is 5.32 Å². The third-order valence-corrected chi connectivity index (χ3v) is 7.75. The molecule has 0 aliphatic carbocycles. The van der Waals surface area contributed by atoms with Gasteiger partial charge in [-0.3, -0.25) is 14.9 Å². The van der Waals surface area contributed by atoms with Crippen LogP contribution in [-0.4, -0.2) is 61.6 Å². The normalized spacial score (nSPS) is 32.5. The molecule has 0 unspecified atom stereocenters. The summed E-state index contributed by atoms with van der Waals surface area (Å²) < 4.78 is 36.3. The lowest BCUT2D eigenvalue weighted by Crippen LogP contribution is -2.49. The Balaban J connectivity index is 1.54. The molecule has 3 saturated heterocycles. The van der Waals surface area contributed by atoms with Crippen molar-refractivity contribution in [3.8, 4) is 0 Å². The van der Waals surface area contributed by atoms with Gasteiger partial charge in [-0.15, -0.1) is 0 Å². The van der Waals surface area contributed by atoms with E-state index in [1.165, 1.54) is 0 Å². The van der Waals surface area contributed by atoms with E-state index in [1.807, 2.05) is 50.2 Å². The summed E-state index contributed by atoms with van der Waals surface area (Å²) in [6.07, 6.45) is -2.71. The number of esters is 2. The molecule has 3 fully saturated rings.